The third kappa shape index (κ3) is 8.22. The molecule has 0 bridgehead atoms. The topological polar surface area (TPSA) is 74.5 Å². The summed E-state index contributed by atoms with van der Waals surface area (Å²) in [5, 5.41) is 15.4. The van der Waals surface area contributed by atoms with Crippen LogP contribution in [0.4, 0.5) is 8.78 Å². The highest BCUT2D eigenvalue weighted by Gasteiger charge is 2.12. The summed E-state index contributed by atoms with van der Waals surface area (Å²) in [6.45, 7) is 3.02. The Bertz CT molecular complexity index is 464. The molecule has 6 nitrogen and oxygen atoms in total. The van der Waals surface area contributed by atoms with E-state index < -0.39 is 6.55 Å². The Morgan fingerprint density at radius 3 is 2.67 bits per heavy atom. The summed E-state index contributed by atoms with van der Waals surface area (Å²) < 4.78 is 26.4. The highest BCUT2D eigenvalue weighted by molar-refractivity contribution is 14.0. The Hall–Kier alpha value is -0.970. The molecule has 0 saturated carbocycles. The van der Waals surface area contributed by atoms with Crippen molar-refractivity contribution in [1.29, 1.82) is 0 Å². The van der Waals surface area contributed by atoms with Gasteiger partial charge in [0.2, 0.25) is 0 Å². The van der Waals surface area contributed by atoms with Crippen molar-refractivity contribution in [3.05, 3.63) is 18.2 Å². The van der Waals surface area contributed by atoms with E-state index in [0.717, 1.165) is 23.8 Å². The lowest BCUT2D eigenvalue weighted by Gasteiger charge is -2.18. The van der Waals surface area contributed by atoms with Crippen molar-refractivity contribution in [2.24, 2.45) is 10.9 Å². The SMILES string of the molecule is CCCC(CCO)CNC(=NCc1nccn1C(F)F)NCC.I. The van der Waals surface area contributed by atoms with Gasteiger partial charge in [-0.3, -0.25) is 4.57 Å². The zero-order chi connectivity index (χ0) is 17.1. The summed E-state index contributed by atoms with van der Waals surface area (Å²) in [6.07, 6.45) is 5.38. The molecule has 1 heterocycles. The molecule has 0 spiro atoms. The van der Waals surface area contributed by atoms with Gasteiger partial charge in [0.25, 0.3) is 0 Å². The van der Waals surface area contributed by atoms with Gasteiger partial charge in [0.15, 0.2) is 5.96 Å². The molecule has 0 saturated heterocycles. The van der Waals surface area contributed by atoms with E-state index in [0.29, 0.717) is 25.0 Å². The minimum atomic E-state index is -2.61. The van der Waals surface area contributed by atoms with Crippen LogP contribution < -0.4 is 10.6 Å². The van der Waals surface area contributed by atoms with Gasteiger partial charge in [-0.15, -0.1) is 24.0 Å². The highest BCUT2D eigenvalue weighted by atomic mass is 127. The molecule has 0 aliphatic carbocycles. The number of imidazole rings is 1. The molecule has 1 rings (SSSR count). The smallest absolute Gasteiger partial charge is 0.319 e. The van der Waals surface area contributed by atoms with E-state index in [1.165, 1.54) is 12.4 Å². The summed E-state index contributed by atoms with van der Waals surface area (Å²) >= 11 is 0. The molecule has 0 aromatic carbocycles. The number of aromatic nitrogens is 2. The minimum Gasteiger partial charge on any atom is -0.396 e. The summed E-state index contributed by atoms with van der Waals surface area (Å²) in [5.74, 6) is 1.14. The van der Waals surface area contributed by atoms with Crippen molar-refractivity contribution in [3.63, 3.8) is 0 Å². The Balaban J connectivity index is 0.00000529. The van der Waals surface area contributed by atoms with Crippen LogP contribution >= 0.6 is 24.0 Å². The van der Waals surface area contributed by atoms with E-state index in [4.69, 9.17) is 5.11 Å². The van der Waals surface area contributed by atoms with E-state index in [-0.39, 0.29) is 43.0 Å². The number of rotatable bonds is 10. The van der Waals surface area contributed by atoms with E-state index in [1.54, 1.807) is 0 Å². The van der Waals surface area contributed by atoms with E-state index in [9.17, 15) is 8.78 Å². The number of nitrogens with zero attached hydrogens (tertiary/aromatic N) is 3. The number of aliphatic imine (C=N–C) groups is 1. The van der Waals surface area contributed by atoms with Gasteiger partial charge in [-0.05, 0) is 25.7 Å². The maximum Gasteiger partial charge on any atom is 0.319 e. The van der Waals surface area contributed by atoms with Gasteiger partial charge in [-0.2, -0.15) is 8.78 Å². The van der Waals surface area contributed by atoms with Gasteiger partial charge in [0, 0.05) is 32.1 Å². The van der Waals surface area contributed by atoms with Crippen LogP contribution in [0, 0.1) is 5.92 Å². The fourth-order valence-corrected chi connectivity index (χ4v) is 2.32. The van der Waals surface area contributed by atoms with Crippen LogP contribution in [0.1, 0.15) is 45.5 Å². The van der Waals surface area contributed by atoms with Gasteiger partial charge >= 0.3 is 6.55 Å². The standard InChI is InChI=1S/C15H27F2N5O.HI/c1-3-5-12(6-9-23)10-20-15(18-4-2)21-11-13-19-7-8-22(13)14(16)17;/h7-8,12,14,23H,3-6,9-11H2,1-2H3,(H2,18,20,21);1H. The second-order valence-corrected chi connectivity index (χ2v) is 5.27. The maximum absolute atomic E-state index is 12.8. The van der Waals surface area contributed by atoms with Crippen molar-refractivity contribution in [1.82, 2.24) is 20.2 Å². The van der Waals surface area contributed by atoms with Crippen LogP contribution in [0.5, 0.6) is 0 Å². The van der Waals surface area contributed by atoms with Gasteiger partial charge in [-0.1, -0.05) is 13.3 Å². The predicted molar refractivity (Wildman–Crippen MR) is 102 cm³/mol. The summed E-state index contributed by atoms with van der Waals surface area (Å²) in [4.78, 5) is 8.22. The van der Waals surface area contributed by atoms with Gasteiger partial charge in [0.1, 0.15) is 12.4 Å². The second kappa shape index (κ2) is 13.3. The molecule has 1 aromatic rings. The van der Waals surface area contributed by atoms with Crippen molar-refractivity contribution >= 4 is 29.9 Å². The number of guanidine groups is 1. The lowest BCUT2D eigenvalue weighted by Crippen LogP contribution is -2.40. The third-order valence-electron chi connectivity index (χ3n) is 3.47. The van der Waals surface area contributed by atoms with E-state index in [2.05, 4.69) is 27.5 Å². The molecule has 1 unspecified atom stereocenters. The number of alkyl halides is 2. The van der Waals surface area contributed by atoms with Crippen LogP contribution in [0.15, 0.2) is 17.4 Å². The Morgan fingerprint density at radius 1 is 1.33 bits per heavy atom. The first-order valence-corrected chi connectivity index (χ1v) is 8.05. The molecular weight excluding hydrogens is 431 g/mol. The number of hydrogen-bond acceptors (Lipinski definition) is 3. The van der Waals surface area contributed by atoms with Crippen LogP contribution in [-0.2, 0) is 6.54 Å². The molecule has 1 atom stereocenters. The maximum atomic E-state index is 12.8. The molecule has 9 heteroatoms. The Morgan fingerprint density at radius 2 is 2.08 bits per heavy atom. The molecule has 0 aliphatic rings. The first kappa shape index (κ1) is 23.0. The van der Waals surface area contributed by atoms with Gasteiger partial charge < -0.3 is 15.7 Å². The Labute approximate surface area is 159 Å². The summed E-state index contributed by atoms with van der Waals surface area (Å²) in [7, 11) is 0. The molecule has 3 N–H and O–H groups in total. The molecule has 140 valence electrons. The normalized spacial score (nSPS) is 12.8. The van der Waals surface area contributed by atoms with Crippen LogP contribution in [0.3, 0.4) is 0 Å². The number of aliphatic hydroxyl groups excluding tert-OH is 1. The first-order chi connectivity index (χ1) is 11.1. The van der Waals surface area contributed by atoms with E-state index in [1.807, 2.05) is 6.92 Å². The zero-order valence-corrected chi connectivity index (χ0v) is 16.5. The van der Waals surface area contributed by atoms with Crippen LogP contribution in [0.25, 0.3) is 0 Å². The van der Waals surface area contributed by atoms with Crippen molar-refractivity contribution in [2.75, 3.05) is 19.7 Å². The predicted octanol–water partition coefficient (Wildman–Crippen LogP) is 2.75. The fraction of sp³-hybridized carbons (Fsp3) is 0.733. The first-order valence-electron chi connectivity index (χ1n) is 8.05. The molecule has 1 aromatic heterocycles. The second-order valence-electron chi connectivity index (χ2n) is 5.27. The van der Waals surface area contributed by atoms with E-state index >= 15 is 0 Å². The monoisotopic (exact) mass is 459 g/mol. The summed E-state index contributed by atoms with van der Waals surface area (Å²) in [6, 6.07) is 0. The fourth-order valence-electron chi connectivity index (χ4n) is 2.32. The molecule has 0 fully saturated rings. The van der Waals surface area contributed by atoms with Gasteiger partial charge in [-0.25, -0.2) is 9.98 Å². The highest BCUT2D eigenvalue weighted by Crippen LogP contribution is 2.13. The number of nitrogens with one attached hydrogen (secondary N) is 2. The number of aliphatic hydroxyl groups is 1. The third-order valence-corrected chi connectivity index (χ3v) is 3.47. The molecule has 0 amide bonds. The molecule has 0 radical (unpaired) electrons. The molecule has 24 heavy (non-hydrogen) atoms. The average Bonchev–Trinajstić information content (AvgIpc) is 2.99. The molecule has 0 aliphatic heterocycles. The van der Waals surface area contributed by atoms with Crippen LogP contribution in [-0.4, -0.2) is 40.3 Å². The minimum absolute atomic E-state index is 0. The van der Waals surface area contributed by atoms with Crippen LogP contribution in [0.2, 0.25) is 0 Å². The quantitative estimate of drug-likeness (QED) is 0.286. The van der Waals surface area contributed by atoms with Gasteiger partial charge in [0.05, 0.1) is 0 Å². The lowest BCUT2D eigenvalue weighted by molar-refractivity contribution is 0.0671. The summed E-state index contributed by atoms with van der Waals surface area (Å²) in [5.41, 5.74) is 0. The van der Waals surface area contributed by atoms with Crippen molar-refractivity contribution < 1.29 is 13.9 Å². The van der Waals surface area contributed by atoms with Crippen molar-refractivity contribution in [3.8, 4) is 0 Å². The molecular formula is C15H28F2IN5O. The zero-order valence-electron chi connectivity index (χ0n) is 14.2. The number of halogens is 3. The van der Waals surface area contributed by atoms with Crippen molar-refractivity contribution in [2.45, 2.75) is 46.2 Å². The average molecular weight is 459 g/mol. The lowest BCUT2D eigenvalue weighted by atomic mass is 10.0. The Kier molecular flexibility index (Phi) is 12.8. The number of hydrogen-bond donors (Lipinski definition) is 3. The largest absolute Gasteiger partial charge is 0.396 e.